The molecule has 0 unspecified atom stereocenters. The molecule has 1 aliphatic heterocycles. The molecule has 1 saturated heterocycles. The molecule has 34 heavy (non-hydrogen) atoms. The minimum atomic E-state index is -0.238. The van der Waals surface area contributed by atoms with Gasteiger partial charge in [0.15, 0.2) is 12.5 Å². The number of imidazole rings is 1. The number of carbonyl (C=O) groups excluding carboxylic acids is 1. The Kier molecular flexibility index (Phi) is 6.36. The van der Waals surface area contributed by atoms with E-state index in [1.165, 1.54) is 56.2 Å². The first kappa shape index (κ1) is 22.6. The number of fused-ring (bicyclic) bond motifs is 1. The van der Waals surface area contributed by atoms with Crippen molar-refractivity contribution in [2.24, 2.45) is 0 Å². The van der Waals surface area contributed by atoms with Crippen LogP contribution in [0.3, 0.4) is 0 Å². The van der Waals surface area contributed by atoms with Crippen molar-refractivity contribution in [2.75, 3.05) is 25.1 Å². The third-order valence-electron chi connectivity index (χ3n) is 7.65. The molecule has 9 nitrogen and oxygen atoms in total. The average molecular weight is 465 g/mol. The van der Waals surface area contributed by atoms with E-state index in [0.717, 1.165) is 27.7 Å². The molecule has 1 amide bonds. The first-order valence-corrected chi connectivity index (χ1v) is 12.4. The van der Waals surface area contributed by atoms with Crippen LogP contribution in [0.25, 0.3) is 11.0 Å². The van der Waals surface area contributed by atoms with Crippen molar-refractivity contribution in [1.29, 1.82) is 0 Å². The van der Waals surface area contributed by atoms with E-state index in [2.05, 4.69) is 25.6 Å². The molecule has 1 aromatic carbocycles. The number of quaternary nitrogens is 1. The highest BCUT2D eigenvalue weighted by atomic mass is 16.2. The van der Waals surface area contributed by atoms with E-state index in [4.69, 9.17) is 0 Å². The summed E-state index contributed by atoms with van der Waals surface area (Å²) in [5.74, 6) is 0.131. The number of anilines is 1. The number of carbonyl (C=O) groups is 1. The molecule has 2 fully saturated rings. The highest BCUT2D eigenvalue weighted by Gasteiger charge is 2.41. The SMILES string of the molecule is Cc1cnc(NC[N+]2(C3CCCC3)CCCC2)c(=O)n1CC(=O)NCc1ccc2nc[nH]c2c1. The van der Waals surface area contributed by atoms with E-state index >= 15 is 0 Å². The lowest BCUT2D eigenvalue weighted by atomic mass is 10.2. The fourth-order valence-corrected chi connectivity index (χ4v) is 5.68. The third kappa shape index (κ3) is 4.57. The second kappa shape index (κ2) is 9.58. The molecule has 1 saturated carbocycles. The molecule has 0 atom stereocenters. The van der Waals surface area contributed by atoms with Gasteiger partial charge < -0.3 is 20.1 Å². The topological polar surface area (TPSA) is 105 Å². The van der Waals surface area contributed by atoms with Crippen LogP contribution in [-0.2, 0) is 17.9 Å². The minimum Gasteiger partial charge on any atom is -0.350 e. The number of nitrogens with one attached hydrogen (secondary N) is 3. The van der Waals surface area contributed by atoms with E-state index < -0.39 is 0 Å². The number of H-pyrrole nitrogens is 1. The second-order valence-corrected chi connectivity index (χ2v) is 9.82. The van der Waals surface area contributed by atoms with E-state index in [1.54, 1.807) is 12.5 Å². The molecule has 3 aromatic rings. The van der Waals surface area contributed by atoms with Gasteiger partial charge in [-0.2, -0.15) is 0 Å². The van der Waals surface area contributed by atoms with Crippen LogP contribution in [-0.4, -0.2) is 55.7 Å². The van der Waals surface area contributed by atoms with E-state index in [1.807, 2.05) is 25.1 Å². The normalized spacial score (nSPS) is 17.9. The third-order valence-corrected chi connectivity index (χ3v) is 7.65. The molecule has 3 N–H and O–H groups in total. The van der Waals surface area contributed by atoms with Gasteiger partial charge in [-0.05, 0) is 50.3 Å². The van der Waals surface area contributed by atoms with Crippen molar-refractivity contribution in [1.82, 2.24) is 24.8 Å². The van der Waals surface area contributed by atoms with Crippen LogP contribution in [0, 0.1) is 6.92 Å². The summed E-state index contributed by atoms with van der Waals surface area (Å²) in [6.45, 7) is 5.24. The van der Waals surface area contributed by atoms with Crippen LogP contribution in [0.1, 0.15) is 49.8 Å². The molecule has 2 aliphatic rings. The quantitative estimate of drug-likeness (QED) is 0.445. The van der Waals surface area contributed by atoms with Crippen molar-refractivity contribution in [3.63, 3.8) is 0 Å². The lowest BCUT2D eigenvalue weighted by Crippen LogP contribution is -2.55. The zero-order valence-electron chi connectivity index (χ0n) is 19.8. The molecule has 3 heterocycles. The van der Waals surface area contributed by atoms with E-state index in [-0.39, 0.29) is 18.0 Å². The molecular formula is C25H34N7O2+. The summed E-state index contributed by atoms with van der Waals surface area (Å²) in [4.78, 5) is 37.5. The number of hydrogen-bond acceptors (Lipinski definition) is 5. The molecule has 5 rings (SSSR count). The predicted octanol–water partition coefficient (Wildman–Crippen LogP) is 2.67. The summed E-state index contributed by atoms with van der Waals surface area (Å²) >= 11 is 0. The van der Waals surface area contributed by atoms with E-state index in [0.29, 0.717) is 24.1 Å². The van der Waals surface area contributed by atoms with Crippen molar-refractivity contribution in [3.8, 4) is 0 Å². The Balaban J connectivity index is 1.24. The lowest BCUT2D eigenvalue weighted by Gasteiger charge is -2.40. The van der Waals surface area contributed by atoms with Gasteiger partial charge in [-0.1, -0.05) is 6.07 Å². The number of rotatable bonds is 8. The fraction of sp³-hybridized carbons (Fsp3) is 0.520. The predicted molar refractivity (Wildman–Crippen MR) is 131 cm³/mol. The highest BCUT2D eigenvalue weighted by molar-refractivity contribution is 5.77. The minimum absolute atomic E-state index is 0.0310. The zero-order valence-corrected chi connectivity index (χ0v) is 19.8. The van der Waals surface area contributed by atoms with Crippen LogP contribution >= 0.6 is 0 Å². The molecular weight excluding hydrogens is 430 g/mol. The summed E-state index contributed by atoms with van der Waals surface area (Å²) in [5, 5.41) is 6.29. The summed E-state index contributed by atoms with van der Waals surface area (Å²) < 4.78 is 2.56. The van der Waals surface area contributed by atoms with Crippen LogP contribution < -0.4 is 16.2 Å². The number of nitrogens with zero attached hydrogens (tertiary/aromatic N) is 4. The maximum Gasteiger partial charge on any atom is 0.294 e. The monoisotopic (exact) mass is 464 g/mol. The maximum absolute atomic E-state index is 13.2. The standard InChI is InChI=1S/C25H33N7O2/c1-18-13-27-24(30-17-32(10-4-5-11-32)20-6-2-3-7-20)25(34)31(18)15-23(33)26-14-19-8-9-21-22(12-19)29-16-28-21/h8-9,12-13,16,20H,2-7,10-11,14-15,17H2,1H3,(H2-,26,27,28,29,30,33)/p+1. The van der Waals surface area contributed by atoms with Crippen molar-refractivity contribution in [3.05, 3.63) is 52.3 Å². The van der Waals surface area contributed by atoms with E-state index in [9.17, 15) is 9.59 Å². The zero-order chi connectivity index (χ0) is 23.5. The summed E-state index contributed by atoms with van der Waals surface area (Å²) in [6, 6.07) is 6.52. The second-order valence-electron chi connectivity index (χ2n) is 9.82. The molecule has 9 heteroatoms. The Labute approximate surface area is 199 Å². The number of aromatic nitrogens is 4. The first-order valence-electron chi connectivity index (χ1n) is 12.4. The number of aromatic amines is 1. The Morgan fingerprint density at radius 2 is 1.97 bits per heavy atom. The van der Waals surface area contributed by atoms with Gasteiger partial charge in [0.25, 0.3) is 5.56 Å². The lowest BCUT2D eigenvalue weighted by molar-refractivity contribution is -0.936. The van der Waals surface area contributed by atoms with Crippen LogP contribution in [0.4, 0.5) is 5.82 Å². The maximum atomic E-state index is 13.2. The average Bonchev–Trinajstić information content (AvgIpc) is 3.61. The van der Waals surface area contributed by atoms with Gasteiger partial charge >= 0.3 is 0 Å². The first-order chi connectivity index (χ1) is 16.5. The molecule has 0 radical (unpaired) electrons. The van der Waals surface area contributed by atoms with Crippen LogP contribution in [0.2, 0.25) is 0 Å². The highest BCUT2D eigenvalue weighted by Crippen LogP contribution is 2.33. The summed E-state index contributed by atoms with van der Waals surface area (Å²) in [7, 11) is 0. The number of aryl methyl sites for hydroxylation is 1. The largest absolute Gasteiger partial charge is 0.350 e. The number of hydrogen-bond donors (Lipinski definition) is 3. The Morgan fingerprint density at radius 1 is 1.18 bits per heavy atom. The number of likely N-dealkylation sites (tertiary alicyclic amines) is 1. The van der Waals surface area contributed by atoms with Gasteiger partial charge in [-0.25, -0.2) is 9.97 Å². The van der Waals surface area contributed by atoms with Gasteiger partial charge in [-0.15, -0.1) is 0 Å². The number of benzene rings is 1. The van der Waals surface area contributed by atoms with Gasteiger partial charge in [0.2, 0.25) is 5.91 Å². The fourth-order valence-electron chi connectivity index (χ4n) is 5.68. The van der Waals surface area contributed by atoms with Gasteiger partial charge in [-0.3, -0.25) is 14.2 Å². The summed E-state index contributed by atoms with van der Waals surface area (Å²) in [5.41, 5.74) is 3.22. The molecule has 180 valence electrons. The summed E-state index contributed by atoms with van der Waals surface area (Å²) in [6.07, 6.45) is 11.0. The molecule has 0 spiro atoms. The van der Waals surface area contributed by atoms with Crippen molar-refractivity contribution < 1.29 is 9.28 Å². The van der Waals surface area contributed by atoms with Crippen molar-refractivity contribution in [2.45, 2.75) is 64.6 Å². The van der Waals surface area contributed by atoms with Crippen molar-refractivity contribution >= 4 is 22.8 Å². The van der Waals surface area contributed by atoms with Gasteiger partial charge in [0.05, 0.1) is 36.5 Å². The molecule has 0 bridgehead atoms. The van der Waals surface area contributed by atoms with Gasteiger partial charge in [0, 0.05) is 31.3 Å². The molecule has 2 aromatic heterocycles. The Bertz CT molecular complexity index is 1220. The Morgan fingerprint density at radius 3 is 2.76 bits per heavy atom. The Hall–Kier alpha value is -3.20. The smallest absolute Gasteiger partial charge is 0.294 e. The van der Waals surface area contributed by atoms with Crippen LogP contribution in [0.5, 0.6) is 0 Å². The van der Waals surface area contributed by atoms with Gasteiger partial charge in [0.1, 0.15) is 6.54 Å². The van der Waals surface area contributed by atoms with Crippen LogP contribution in [0.15, 0.2) is 35.5 Å². The number of amides is 1. The molecule has 1 aliphatic carbocycles.